The van der Waals surface area contributed by atoms with Crippen molar-refractivity contribution in [3.05, 3.63) is 54.6 Å². The highest BCUT2D eigenvalue weighted by Gasteiger charge is 2.34. The highest BCUT2D eigenvalue weighted by atomic mass is 16.7. The highest BCUT2D eigenvalue weighted by Crippen LogP contribution is 2.25. The van der Waals surface area contributed by atoms with Crippen LogP contribution in [0, 0.1) is 0 Å². The second-order valence-corrected chi connectivity index (χ2v) is 7.14. The Morgan fingerprint density at radius 1 is 0.963 bits per heavy atom. The number of ether oxygens (including phenoxy) is 2. The van der Waals surface area contributed by atoms with E-state index in [2.05, 4.69) is 22.3 Å². The SMILES string of the molecule is O=C(CN1CCCCC1C1OCCO1)Nc1ccc(-c2ccccc2)cc1. The number of rotatable bonds is 5. The van der Waals surface area contributed by atoms with E-state index in [0.29, 0.717) is 19.8 Å². The zero-order valence-electron chi connectivity index (χ0n) is 15.5. The van der Waals surface area contributed by atoms with E-state index in [1.54, 1.807) is 0 Å². The summed E-state index contributed by atoms with van der Waals surface area (Å²) in [6.45, 7) is 2.58. The summed E-state index contributed by atoms with van der Waals surface area (Å²) >= 11 is 0. The summed E-state index contributed by atoms with van der Waals surface area (Å²) in [5.74, 6) is 0.00681. The molecule has 5 nitrogen and oxygen atoms in total. The molecule has 0 radical (unpaired) electrons. The van der Waals surface area contributed by atoms with E-state index in [0.717, 1.165) is 37.1 Å². The van der Waals surface area contributed by atoms with E-state index in [9.17, 15) is 4.79 Å². The molecule has 142 valence electrons. The predicted octanol–water partition coefficient (Wildman–Crippen LogP) is 3.52. The van der Waals surface area contributed by atoms with Crippen LogP contribution >= 0.6 is 0 Å². The van der Waals surface area contributed by atoms with E-state index in [-0.39, 0.29) is 18.2 Å². The van der Waals surface area contributed by atoms with Crippen molar-refractivity contribution < 1.29 is 14.3 Å². The van der Waals surface area contributed by atoms with Crippen molar-refractivity contribution >= 4 is 11.6 Å². The maximum atomic E-state index is 12.6. The number of benzene rings is 2. The van der Waals surface area contributed by atoms with Crippen molar-refractivity contribution in [2.75, 3.05) is 31.6 Å². The summed E-state index contributed by atoms with van der Waals surface area (Å²) < 4.78 is 11.4. The number of piperidine rings is 1. The molecule has 1 atom stereocenters. The number of nitrogens with zero attached hydrogens (tertiary/aromatic N) is 1. The van der Waals surface area contributed by atoms with Crippen LogP contribution in [-0.4, -0.2) is 49.4 Å². The number of carbonyl (C=O) groups excluding carboxylic acids is 1. The van der Waals surface area contributed by atoms with Gasteiger partial charge in [0.25, 0.3) is 0 Å². The zero-order valence-corrected chi connectivity index (χ0v) is 15.5. The third-order valence-electron chi connectivity index (χ3n) is 5.25. The first-order valence-corrected chi connectivity index (χ1v) is 9.72. The maximum absolute atomic E-state index is 12.6. The fourth-order valence-electron chi connectivity index (χ4n) is 3.88. The van der Waals surface area contributed by atoms with Gasteiger partial charge in [0.1, 0.15) is 0 Å². The molecular weight excluding hydrogens is 340 g/mol. The van der Waals surface area contributed by atoms with Crippen LogP contribution < -0.4 is 5.32 Å². The minimum atomic E-state index is -0.191. The molecular formula is C22H26N2O3. The summed E-state index contributed by atoms with van der Waals surface area (Å²) in [6.07, 6.45) is 3.10. The number of anilines is 1. The minimum Gasteiger partial charge on any atom is -0.349 e. The van der Waals surface area contributed by atoms with Gasteiger partial charge in [-0.3, -0.25) is 9.69 Å². The Morgan fingerprint density at radius 2 is 1.67 bits per heavy atom. The summed E-state index contributed by atoms with van der Waals surface area (Å²) in [5.41, 5.74) is 3.13. The molecule has 0 aliphatic carbocycles. The number of amides is 1. The average Bonchev–Trinajstić information content (AvgIpc) is 3.24. The summed E-state index contributed by atoms with van der Waals surface area (Å²) in [6, 6.07) is 18.4. The lowest BCUT2D eigenvalue weighted by molar-refractivity contribution is -0.127. The molecule has 1 amide bonds. The van der Waals surface area contributed by atoms with E-state index >= 15 is 0 Å². The van der Waals surface area contributed by atoms with Crippen LogP contribution in [-0.2, 0) is 14.3 Å². The molecule has 1 unspecified atom stereocenters. The second kappa shape index (κ2) is 8.65. The molecule has 27 heavy (non-hydrogen) atoms. The fraction of sp³-hybridized carbons (Fsp3) is 0.409. The lowest BCUT2D eigenvalue weighted by atomic mass is 10.0. The third-order valence-corrected chi connectivity index (χ3v) is 5.25. The third kappa shape index (κ3) is 4.56. The monoisotopic (exact) mass is 366 g/mol. The van der Waals surface area contributed by atoms with Crippen LogP contribution in [0.4, 0.5) is 5.69 Å². The van der Waals surface area contributed by atoms with Crippen LogP contribution in [0.3, 0.4) is 0 Å². The average molecular weight is 366 g/mol. The van der Waals surface area contributed by atoms with E-state index in [1.165, 1.54) is 5.56 Å². The van der Waals surface area contributed by atoms with Crippen molar-refractivity contribution in [2.45, 2.75) is 31.6 Å². The van der Waals surface area contributed by atoms with Gasteiger partial charge in [0, 0.05) is 5.69 Å². The van der Waals surface area contributed by atoms with Gasteiger partial charge in [-0.05, 0) is 42.6 Å². The fourth-order valence-corrected chi connectivity index (χ4v) is 3.88. The number of hydrogen-bond acceptors (Lipinski definition) is 4. The molecule has 2 aliphatic rings. The maximum Gasteiger partial charge on any atom is 0.238 e. The van der Waals surface area contributed by atoms with Gasteiger partial charge in [0.15, 0.2) is 6.29 Å². The Bertz CT molecular complexity index is 742. The Morgan fingerprint density at radius 3 is 2.41 bits per heavy atom. The van der Waals surface area contributed by atoms with Gasteiger partial charge in [-0.1, -0.05) is 48.9 Å². The molecule has 2 saturated heterocycles. The summed E-state index contributed by atoms with van der Waals surface area (Å²) in [5, 5.41) is 3.02. The number of likely N-dealkylation sites (tertiary alicyclic amines) is 1. The first-order valence-electron chi connectivity index (χ1n) is 9.72. The lowest BCUT2D eigenvalue weighted by Crippen LogP contribution is -2.50. The quantitative estimate of drug-likeness (QED) is 0.880. The largest absolute Gasteiger partial charge is 0.349 e. The molecule has 2 fully saturated rings. The molecule has 0 saturated carbocycles. The number of hydrogen-bond donors (Lipinski definition) is 1. The topological polar surface area (TPSA) is 50.8 Å². The van der Waals surface area contributed by atoms with Crippen LogP contribution in [0.25, 0.3) is 11.1 Å². The predicted molar refractivity (Wildman–Crippen MR) is 105 cm³/mol. The van der Waals surface area contributed by atoms with Gasteiger partial charge >= 0.3 is 0 Å². The molecule has 2 aliphatic heterocycles. The lowest BCUT2D eigenvalue weighted by Gasteiger charge is -2.37. The van der Waals surface area contributed by atoms with Crippen molar-refractivity contribution in [3.63, 3.8) is 0 Å². The molecule has 4 rings (SSSR count). The Kier molecular flexibility index (Phi) is 5.82. The smallest absolute Gasteiger partial charge is 0.238 e. The molecule has 0 aromatic heterocycles. The highest BCUT2D eigenvalue weighted by molar-refractivity contribution is 5.92. The van der Waals surface area contributed by atoms with Crippen molar-refractivity contribution in [1.82, 2.24) is 4.90 Å². The number of nitrogens with one attached hydrogen (secondary N) is 1. The van der Waals surface area contributed by atoms with Crippen LogP contribution in [0.2, 0.25) is 0 Å². The second-order valence-electron chi connectivity index (χ2n) is 7.14. The molecule has 0 bridgehead atoms. The van der Waals surface area contributed by atoms with Gasteiger partial charge in [-0.25, -0.2) is 0 Å². The van der Waals surface area contributed by atoms with Gasteiger partial charge < -0.3 is 14.8 Å². The Hall–Kier alpha value is -2.21. The first kappa shape index (κ1) is 18.2. The minimum absolute atomic E-state index is 0.00681. The normalized spacial score (nSPS) is 21.3. The standard InChI is InChI=1S/C22H26N2O3/c25-21(16-24-13-5-4-8-20(24)22-26-14-15-27-22)23-19-11-9-18(10-12-19)17-6-2-1-3-7-17/h1-3,6-7,9-12,20,22H,4-5,8,13-16H2,(H,23,25). The zero-order chi connectivity index (χ0) is 18.5. The Labute approximate surface area is 160 Å². The molecule has 1 N–H and O–H groups in total. The van der Waals surface area contributed by atoms with Gasteiger partial charge in [0.05, 0.1) is 25.8 Å². The Balaban J connectivity index is 1.35. The number of carbonyl (C=O) groups is 1. The molecule has 5 heteroatoms. The van der Waals surface area contributed by atoms with Gasteiger partial charge in [-0.15, -0.1) is 0 Å². The van der Waals surface area contributed by atoms with E-state index in [1.807, 2.05) is 42.5 Å². The first-order chi connectivity index (χ1) is 13.3. The van der Waals surface area contributed by atoms with Crippen LogP contribution in [0.15, 0.2) is 54.6 Å². The van der Waals surface area contributed by atoms with E-state index in [4.69, 9.17) is 9.47 Å². The molecule has 2 heterocycles. The summed E-state index contributed by atoms with van der Waals surface area (Å²) in [4.78, 5) is 14.8. The van der Waals surface area contributed by atoms with Gasteiger partial charge in [-0.2, -0.15) is 0 Å². The van der Waals surface area contributed by atoms with Crippen molar-refractivity contribution in [1.29, 1.82) is 0 Å². The van der Waals surface area contributed by atoms with E-state index < -0.39 is 0 Å². The molecule has 0 spiro atoms. The molecule has 2 aromatic carbocycles. The van der Waals surface area contributed by atoms with Crippen LogP contribution in [0.1, 0.15) is 19.3 Å². The van der Waals surface area contributed by atoms with Gasteiger partial charge in [0.2, 0.25) is 5.91 Å². The van der Waals surface area contributed by atoms with Crippen molar-refractivity contribution in [2.24, 2.45) is 0 Å². The van der Waals surface area contributed by atoms with Crippen molar-refractivity contribution in [3.8, 4) is 11.1 Å². The molecule has 2 aromatic rings. The summed E-state index contributed by atoms with van der Waals surface area (Å²) in [7, 11) is 0. The van der Waals surface area contributed by atoms with Crippen LogP contribution in [0.5, 0.6) is 0 Å².